The molecular weight excluding hydrogens is 340 g/mol. The van der Waals surface area contributed by atoms with Crippen LogP contribution < -0.4 is 10.1 Å². The van der Waals surface area contributed by atoms with Crippen LogP contribution in [0.1, 0.15) is 50.8 Å². The van der Waals surface area contributed by atoms with E-state index in [0.29, 0.717) is 29.8 Å². The number of ether oxygens (including phenoxy) is 1. The summed E-state index contributed by atoms with van der Waals surface area (Å²) in [5, 5.41) is 2.63. The molecule has 27 heavy (non-hydrogen) atoms. The highest BCUT2D eigenvalue weighted by Crippen LogP contribution is 2.34. The molecule has 2 aromatic carbocycles. The summed E-state index contributed by atoms with van der Waals surface area (Å²) >= 11 is 0. The number of hydrogen-bond acceptors (Lipinski definition) is 3. The number of benzene rings is 2. The lowest BCUT2D eigenvalue weighted by molar-refractivity contribution is 0.0748. The lowest BCUT2D eigenvalue weighted by Gasteiger charge is -2.22. The van der Waals surface area contributed by atoms with Crippen LogP contribution in [-0.4, -0.2) is 42.5 Å². The lowest BCUT2D eigenvalue weighted by Crippen LogP contribution is -2.33. The Balaban J connectivity index is 1.63. The van der Waals surface area contributed by atoms with E-state index in [-0.39, 0.29) is 24.0 Å². The molecular formula is C22H24N2O3. The highest BCUT2D eigenvalue weighted by atomic mass is 16.5. The molecule has 0 aromatic heterocycles. The Bertz CT molecular complexity index is 905. The van der Waals surface area contributed by atoms with Crippen molar-refractivity contribution in [3.05, 3.63) is 64.2 Å². The molecule has 2 aliphatic rings. The Kier molecular flexibility index (Phi) is 4.38. The van der Waals surface area contributed by atoms with Crippen molar-refractivity contribution in [3.8, 4) is 5.75 Å². The molecule has 2 aliphatic heterocycles. The number of aryl methyl sites for hydroxylation is 1. The van der Waals surface area contributed by atoms with Crippen molar-refractivity contribution < 1.29 is 14.3 Å². The number of rotatable bonds is 3. The average Bonchev–Trinajstić information content (AvgIpc) is 2.97. The first-order chi connectivity index (χ1) is 13.0. The highest BCUT2D eigenvalue weighted by molar-refractivity contribution is 5.98. The number of hydrogen-bond donors (Lipinski definition) is 1. The fraction of sp³-hybridized carbons (Fsp3) is 0.364. The van der Waals surface area contributed by atoms with Crippen LogP contribution in [0.4, 0.5) is 0 Å². The minimum absolute atomic E-state index is 0.0636. The van der Waals surface area contributed by atoms with Crippen molar-refractivity contribution in [1.29, 1.82) is 0 Å². The van der Waals surface area contributed by atoms with Crippen molar-refractivity contribution in [1.82, 2.24) is 10.2 Å². The van der Waals surface area contributed by atoms with Gasteiger partial charge in [-0.05, 0) is 61.2 Å². The summed E-state index contributed by atoms with van der Waals surface area (Å²) in [5.74, 6) is 0.674. The number of fused-ring (bicyclic) bond motifs is 3. The highest BCUT2D eigenvalue weighted by Gasteiger charge is 2.38. The molecule has 2 amide bonds. The summed E-state index contributed by atoms with van der Waals surface area (Å²) in [4.78, 5) is 26.6. The second-order valence-corrected chi connectivity index (χ2v) is 7.51. The minimum atomic E-state index is -0.0938. The van der Waals surface area contributed by atoms with Crippen LogP contribution in [0.5, 0.6) is 5.75 Å². The van der Waals surface area contributed by atoms with E-state index in [4.69, 9.17) is 4.74 Å². The molecule has 2 bridgehead atoms. The molecule has 0 radical (unpaired) electrons. The van der Waals surface area contributed by atoms with E-state index < -0.39 is 0 Å². The van der Waals surface area contributed by atoms with Gasteiger partial charge in [0.15, 0.2) is 0 Å². The molecule has 0 spiro atoms. The Morgan fingerprint density at radius 3 is 2.70 bits per heavy atom. The first-order valence-electron chi connectivity index (χ1n) is 9.38. The maximum absolute atomic E-state index is 13.0. The molecule has 2 aromatic rings. The summed E-state index contributed by atoms with van der Waals surface area (Å²) < 4.78 is 6.12. The fourth-order valence-corrected chi connectivity index (χ4v) is 4.00. The van der Waals surface area contributed by atoms with Crippen LogP contribution in [-0.2, 0) is 6.42 Å². The molecule has 140 valence electrons. The first kappa shape index (κ1) is 17.6. The maximum atomic E-state index is 13.0. The predicted molar refractivity (Wildman–Crippen MR) is 103 cm³/mol. The topological polar surface area (TPSA) is 58.6 Å². The minimum Gasteiger partial charge on any atom is -0.488 e. The zero-order valence-electron chi connectivity index (χ0n) is 15.9. The predicted octanol–water partition coefficient (Wildman–Crippen LogP) is 2.94. The number of nitrogens with one attached hydrogen (secondary N) is 1. The van der Waals surface area contributed by atoms with Crippen LogP contribution in [0.15, 0.2) is 36.4 Å². The SMILES string of the molecule is CNC(=O)c1ccc(Cc2cc3c(cc2C)O[C@H]2C[C@H](C)N(C2)C3=O)cc1. The average molecular weight is 364 g/mol. The largest absolute Gasteiger partial charge is 0.488 e. The molecule has 0 saturated carbocycles. The van der Waals surface area contributed by atoms with Gasteiger partial charge in [-0.2, -0.15) is 0 Å². The quantitative estimate of drug-likeness (QED) is 0.911. The van der Waals surface area contributed by atoms with Crippen LogP contribution in [0.2, 0.25) is 0 Å². The third kappa shape index (κ3) is 3.18. The standard InChI is InChI=1S/C22H24N2O3/c1-13-8-20-19(22(26)24-12-18(27-20)9-14(24)2)11-17(13)10-15-4-6-16(7-5-15)21(25)23-3/h4-8,11,14,18H,9-10,12H2,1-3H3,(H,23,25)/t14-,18-/m0/s1. The van der Waals surface area contributed by atoms with Crippen LogP contribution in [0.3, 0.4) is 0 Å². The van der Waals surface area contributed by atoms with Gasteiger partial charge in [-0.3, -0.25) is 9.59 Å². The van der Waals surface area contributed by atoms with Crippen molar-refractivity contribution in [2.75, 3.05) is 13.6 Å². The van der Waals surface area contributed by atoms with E-state index in [1.165, 1.54) is 0 Å². The third-order valence-electron chi connectivity index (χ3n) is 5.60. The maximum Gasteiger partial charge on any atom is 0.257 e. The van der Waals surface area contributed by atoms with E-state index in [2.05, 4.69) is 19.2 Å². The van der Waals surface area contributed by atoms with Gasteiger partial charge in [0.1, 0.15) is 11.9 Å². The van der Waals surface area contributed by atoms with Crippen LogP contribution in [0.25, 0.3) is 0 Å². The van der Waals surface area contributed by atoms with Gasteiger partial charge < -0.3 is 15.0 Å². The number of carbonyl (C=O) groups excluding carboxylic acids is 2. The van der Waals surface area contributed by atoms with E-state index >= 15 is 0 Å². The molecule has 2 atom stereocenters. The third-order valence-corrected chi connectivity index (χ3v) is 5.60. The summed E-state index contributed by atoms with van der Waals surface area (Å²) in [5.41, 5.74) is 4.61. The second-order valence-electron chi connectivity index (χ2n) is 7.51. The summed E-state index contributed by atoms with van der Waals surface area (Å²) in [6.45, 7) is 4.80. The van der Waals surface area contributed by atoms with Gasteiger partial charge in [0.05, 0.1) is 12.1 Å². The lowest BCUT2D eigenvalue weighted by atomic mass is 9.96. The van der Waals surface area contributed by atoms with Crippen LogP contribution >= 0.6 is 0 Å². The number of carbonyl (C=O) groups is 2. The van der Waals surface area contributed by atoms with Crippen molar-refractivity contribution in [3.63, 3.8) is 0 Å². The Morgan fingerprint density at radius 1 is 1.26 bits per heavy atom. The molecule has 1 N–H and O–H groups in total. The van der Waals surface area contributed by atoms with Crippen molar-refractivity contribution >= 4 is 11.8 Å². The number of nitrogens with zero attached hydrogens (tertiary/aromatic N) is 1. The molecule has 2 heterocycles. The number of amides is 2. The first-order valence-corrected chi connectivity index (χ1v) is 9.38. The second kappa shape index (κ2) is 6.72. The van der Waals surface area contributed by atoms with Gasteiger partial charge in [-0.1, -0.05) is 12.1 Å². The Labute approximate surface area is 159 Å². The zero-order chi connectivity index (χ0) is 19.1. The van der Waals surface area contributed by atoms with E-state index in [0.717, 1.165) is 23.1 Å². The molecule has 0 aliphatic carbocycles. The smallest absolute Gasteiger partial charge is 0.257 e. The van der Waals surface area contributed by atoms with Gasteiger partial charge in [0.25, 0.3) is 11.8 Å². The molecule has 1 saturated heterocycles. The molecule has 1 fully saturated rings. The normalized spacial score (nSPS) is 20.7. The summed E-state index contributed by atoms with van der Waals surface area (Å²) in [6.07, 6.45) is 1.69. The molecule has 5 heteroatoms. The van der Waals surface area contributed by atoms with Crippen molar-refractivity contribution in [2.24, 2.45) is 0 Å². The Morgan fingerprint density at radius 2 is 2.00 bits per heavy atom. The fourth-order valence-electron chi connectivity index (χ4n) is 4.00. The zero-order valence-corrected chi connectivity index (χ0v) is 15.9. The summed E-state index contributed by atoms with van der Waals surface area (Å²) in [6, 6.07) is 11.8. The van der Waals surface area contributed by atoms with Gasteiger partial charge in [0, 0.05) is 25.1 Å². The van der Waals surface area contributed by atoms with E-state index in [1.807, 2.05) is 41.3 Å². The van der Waals surface area contributed by atoms with Gasteiger partial charge >= 0.3 is 0 Å². The molecule has 0 unspecified atom stereocenters. The Hall–Kier alpha value is -2.82. The summed E-state index contributed by atoms with van der Waals surface area (Å²) in [7, 11) is 1.62. The van der Waals surface area contributed by atoms with E-state index in [9.17, 15) is 9.59 Å². The molecule has 5 nitrogen and oxygen atoms in total. The monoisotopic (exact) mass is 364 g/mol. The molecule has 4 rings (SSSR count). The van der Waals surface area contributed by atoms with E-state index in [1.54, 1.807) is 7.05 Å². The van der Waals surface area contributed by atoms with Crippen LogP contribution in [0, 0.1) is 6.92 Å². The van der Waals surface area contributed by atoms with Gasteiger partial charge in [-0.25, -0.2) is 0 Å². The van der Waals surface area contributed by atoms with Gasteiger partial charge in [-0.15, -0.1) is 0 Å². The van der Waals surface area contributed by atoms with Crippen molar-refractivity contribution in [2.45, 2.75) is 38.8 Å². The van der Waals surface area contributed by atoms with Gasteiger partial charge in [0.2, 0.25) is 0 Å².